The van der Waals surface area contributed by atoms with Crippen LogP contribution in [-0.2, 0) is 4.79 Å². The van der Waals surface area contributed by atoms with Gasteiger partial charge >= 0.3 is 0 Å². The topological polar surface area (TPSA) is 46.3 Å². The predicted molar refractivity (Wildman–Crippen MR) is 68.7 cm³/mol. The van der Waals surface area contributed by atoms with Crippen molar-refractivity contribution in [3.63, 3.8) is 0 Å². The van der Waals surface area contributed by atoms with Gasteiger partial charge in [-0.25, -0.2) is 0 Å². The average molecular weight is 234 g/mol. The first-order valence-electron chi connectivity index (χ1n) is 5.12. The summed E-state index contributed by atoms with van der Waals surface area (Å²) in [5, 5.41) is -0.0609. The second-order valence-corrected chi connectivity index (χ2v) is 5.11. The van der Waals surface area contributed by atoms with Gasteiger partial charge in [0.25, 0.3) is 0 Å². The van der Waals surface area contributed by atoms with Gasteiger partial charge in [-0.1, -0.05) is 6.08 Å². The van der Waals surface area contributed by atoms with Gasteiger partial charge in [0.2, 0.25) is 5.91 Å². The molecule has 2 rings (SSSR count). The van der Waals surface area contributed by atoms with E-state index in [-0.39, 0.29) is 11.2 Å². The third-order valence-corrected chi connectivity index (χ3v) is 3.64. The quantitative estimate of drug-likeness (QED) is 0.631. The molecule has 1 unspecified atom stereocenters. The van der Waals surface area contributed by atoms with Crippen molar-refractivity contribution in [3.8, 4) is 0 Å². The molecule has 16 heavy (non-hydrogen) atoms. The lowest BCUT2D eigenvalue weighted by atomic mass is 10.2. The summed E-state index contributed by atoms with van der Waals surface area (Å²) in [4.78, 5) is 14.8. The first kappa shape index (κ1) is 11.1. The molecule has 3 nitrogen and oxygen atoms in total. The van der Waals surface area contributed by atoms with E-state index < -0.39 is 0 Å². The number of benzene rings is 1. The molecular formula is C12H14N2OS. The number of carbonyl (C=O) groups is 1. The van der Waals surface area contributed by atoms with E-state index in [0.29, 0.717) is 6.54 Å². The Balaban J connectivity index is 2.47. The van der Waals surface area contributed by atoms with Crippen LogP contribution in [0.2, 0.25) is 0 Å². The fraction of sp³-hybridized carbons (Fsp3) is 0.250. The zero-order chi connectivity index (χ0) is 11.7. The number of thioether (sulfide) groups is 1. The fourth-order valence-electron chi connectivity index (χ4n) is 1.74. The number of hydrogen-bond acceptors (Lipinski definition) is 3. The maximum atomic E-state index is 12.0. The fourth-order valence-corrected chi connectivity index (χ4v) is 2.86. The molecule has 0 aliphatic carbocycles. The number of nitrogens with two attached hydrogens (primary N) is 1. The van der Waals surface area contributed by atoms with E-state index in [1.165, 1.54) is 0 Å². The molecule has 0 spiro atoms. The van der Waals surface area contributed by atoms with Gasteiger partial charge < -0.3 is 10.6 Å². The molecule has 2 N–H and O–H groups in total. The number of fused-ring (bicyclic) bond motifs is 1. The standard InChI is InChI=1S/C12H14N2OS/c1-3-6-14-10-5-4-9(13)7-11(10)16-8(2)12(14)15/h3-5,7-8H,1,6,13H2,2H3. The van der Waals surface area contributed by atoms with Crippen molar-refractivity contribution in [1.29, 1.82) is 0 Å². The smallest absolute Gasteiger partial charge is 0.240 e. The van der Waals surface area contributed by atoms with Gasteiger partial charge in [0.1, 0.15) is 0 Å². The van der Waals surface area contributed by atoms with Crippen molar-refractivity contribution in [3.05, 3.63) is 30.9 Å². The lowest BCUT2D eigenvalue weighted by molar-refractivity contribution is -0.117. The van der Waals surface area contributed by atoms with Crippen LogP contribution >= 0.6 is 11.8 Å². The maximum Gasteiger partial charge on any atom is 0.240 e. The van der Waals surface area contributed by atoms with E-state index in [0.717, 1.165) is 16.3 Å². The van der Waals surface area contributed by atoms with Gasteiger partial charge in [0.15, 0.2) is 0 Å². The molecule has 0 aromatic heterocycles. The van der Waals surface area contributed by atoms with Crippen LogP contribution in [0.25, 0.3) is 0 Å². The summed E-state index contributed by atoms with van der Waals surface area (Å²) in [6, 6.07) is 5.63. The average Bonchev–Trinajstić information content (AvgIpc) is 2.24. The molecule has 1 atom stereocenters. The summed E-state index contributed by atoms with van der Waals surface area (Å²) < 4.78 is 0. The molecule has 4 heteroatoms. The van der Waals surface area contributed by atoms with Crippen molar-refractivity contribution in [2.45, 2.75) is 17.1 Å². The molecule has 0 fully saturated rings. The molecule has 0 saturated carbocycles. The zero-order valence-corrected chi connectivity index (χ0v) is 9.96. The molecule has 1 aliphatic heterocycles. The van der Waals surface area contributed by atoms with Gasteiger partial charge in [-0.2, -0.15) is 0 Å². The predicted octanol–water partition coefficient (Wildman–Crippen LogP) is 2.28. The Morgan fingerprint density at radius 1 is 1.62 bits per heavy atom. The summed E-state index contributed by atoms with van der Waals surface area (Å²) in [6.45, 7) is 6.13. The molecule has 0 bridgehead atoms. The normalized spacial score (nSPS) is 19.4. The highest BCUT2D eigenvalue weighted by molar-refractivity contribution is 8.01. The number of hydrogen-bond donors (Lipinski definition) is 1. The highest BCUT2D eigenvalue weighted by atomic mass is 32.2. The van der Waals surface area contributed by atoms with Crippen LogP contribution in [0.15, 0.2) is 35.7 Å². The van der Waals surface area contributed by atoms with E-state index in [1.807, 2.05) is 25.1 Å². The summed E-state index contributed by atoms with van der Waals surface area (Å²) in [6.07, 6.45) is 1.74. The highest BCUT2D eigenvalue weighted by Gasteiger charge is 2.29. The minimum absolute atomic E-state index is 0.0609. The molecule has 1 aromatic rings. The van der Waals surface area contributed by atoms with E-state index in [2.05, 4.69) is 6.58 Å². The molecule has 0 radical (unpaired) electrons. The van der Waals surface area contributed by atoms with Crippen molar-refractivity contribution >= 4 is 29.0 Å². The van der Waals surface area contributed by atoms with Gasteiger partial charge in [0.05, 0.1) is 10.9 Å². The molecular weight excluding hydrogens is 220 g/mol. The number of nitrogen functional groups attached to an aromatic ring is 1. The van der Waals surface area contributed by atoms with Crippen LogP contribution < -0.4 is 10.6 Å². The van der Waals surface area contributed by atoms with Crippen molar-refractivity contribution < 1.29 is 4.79 Å². The SMILES string of the molecule is C=CCN1C(=O)C(C)Sc2cc(N)ccc21. The van der Waals surface area contributed by atoms with Crippen LogP contribution in [0.1, 0.15) is 6.92 Å². The second-order valence-electron chi connectivity index (χ2n) is 3.72. The third-order valence-electron chi connectivity index (χ3n) is 2.50. The largest absolute Gasteiger partial charge is 0.399 e. The summed E-state index contributed by atoms with van der Waals surface area (Å²) >= 11 is 1.56. The van der Waals surface area contributed by atoms with Crippen LogP contribution in [0.4, 0.5) is 11.4 Å². The Kier molecular flexibility index (Phi) is 2.92. The minimum Gasteiger partial charge on any atom is -0.399 e. The van der Waals surface area contributed by atoms with Gasteiger partial charge in [-0.15, -0.1) is 18.3 Å². The van der Waals surface area contributed by atoms with Crippen LogP contribution in [0.5, 0.6) is 0 Å². The summed E-state index contributed by atoms with van der Waals surface area (Å²) in [7, 11) is 0. The first-order chi connectivity index (χ1) is 7.63. The van der Waals surface area contributed by atoms with E-state index >= 15 is 0 Å². The number of carbonyl (C=O) groups excluding carboxylic acids is 1. The third kappa shape index (κ3) is 1.80. The van der Waals surface area contributed by atoms with E-state index in [1.54, 1.807) is 22.7 Å². The van der Waals surface area contributed by atoms with Crippen LogP contribution in [-0.4, -0.2) is 17.7 Å². The Labute approximate surface area is 99.3 Å². The second kappa shape index (κ2) is 4.22. The summed E-state index contributed by atoms with van der Waals surface area (Å²) in [5.41, 5.74) is 7.41. The van der Waals surface area contributed by atoms with Gasteiger partial charge in [-0.3, -0.25) is 4.79 Å². The lowest BCUT2D eigenvalue weighted by Crippen LogP contribution is -2.39. The van der Waals surface area contributed by atoms with Crippen molar-refractivity contribution in [2.75, 3.05) is 17.2 Å². The maximum absolute atomic E-state index is 12.0. The molecule has 0 saturated heterocycles. The highest BCUT2D eigenvalue weighted by Crippen LogP contribution is 2.39. The molecule has 84 valence electrons. The molecule has 1 aromatic carbocycles. The Morgan fingerprint density at radius 2 is 2.38 bits per heavy atom. The van der Waals surface area contributed by atoms with Crippen molar-refractivity contribution in [2.24, 2.45) is 0 Å². The number of nitrogens with zero attached hydrogens (tertiary/aromatic N) is 1. The van der Waals surface area contributed by atoms with Gasteiger partial charge in [-0.05, 0) is 25.1 Å². The number of anilines is 2. The van der Waals surface area contributed by atoms with Crippen LogP contribution in [0, 0.1) is 0 Å². The Hall–Kier alpha value is -1.42. The molecule has 1 amide bonds. The van der Waals surface area contributed by atoms with Crippen LogP contribution in [0.3, 0.4) is 0 Å². The number of amides is 1. The Morgan fingerprint density at radius 3 is 3.06 bits per heavy atom. The van der Waals surface area contributed by atoms with Crippen molar-refractivity contribution in [1.82, 2.24) is 0 Å². The number of rotatable bonds is 2. The first-order valence-corrected chi connectivity index (χ1v) is 6.00. The molecule has 1 heterocycles. The van der Waals surface area contributed by atoms with E-state index in [9.17, 15) is 4.79 Å². The Bertz CT molecular complexity index is 445. The lowest BCUT2D eigenvalue weighted by Gasteiger charge is -2.31. The van der Waals surface area contributed by atoms with Gasteiger partial charge in [0, 0.05) is 17.1 Å². The zero-order valence-electron chi connectivity index (χ0n) is 9.14. The minimum atomic E-state index is -0.0609. The summed E-state index contributed by atoms with van der Waals surface area (Å²) in [5.74, 6) is 0.127. The molecule has 1 aliphatic rings. The monoisotopic (exact) mass is 234 g/mol. The van der Waals surface area contributed by atoms with E-state index in [4.69, 9.17) is 5.73 Å².